The Kier molecular flexibility index (Phi) is 5.65. The third-order valence-corrected chi connectivity index (χ3v) is 2.39. The lowest BCUT2D eigenvalue weighted by atomic mass is 10.1. The van der Waals surface area contributed by atoms with Crippen LogP contribution in [0, 0.1) is 12.8 Å². The van der Waals surface area contributed by atoms with Crippen molar-refractivity contribution in [2.45, 2.75) is 20.8 Å². The van der Waals surface area contributed by atoms with Crippen LogP contribution in [-0.2, 0) is 9.47 Å². The van der Waals surface area contributed by atoms with Crippen LogP contribution < -0.4 is 5.73 Å². The van der Waals surface area contributed by atoms with Crippen molar-refractivity contribution in [2.75, 3.05) is 25.6 Å². The largest absolute Gasteiger partial charge is 0.460 e. The number of nitrogen functional groups attached to an aromatic ring is 1. The molecule has 0 fully saturated rings. The highest BCUT2D eigenvalue weighted by molar-refractivity contribution is 5.92. The fourth-order valence-corrected chi connectivity index (χ4v) is 1.45. The Bertz CT molecular complexity index is 402. The molecule has 0 radical (unpaired) electrons. The standard InChI is InChI=1S/C14H21NO3/c1-10(2)9-17-6-7-18-14(16)13-8-12(15)5-4-11(13)3/h4-5,8,10H,6-7,9,15H2,1-3H3. The minimum Gasteiger partial charge on any atom is -0.460 e. The SMILES string of the molecule is Cc1ccc(N)cc1C(=O)OCCOCC(C)C. The number of carbonyl (C=O) groups is 1. The third kappa shape index (κ3) is 4.75. The van der Waals surface area contributed by atoms with Gasteiger partial charge in [-0.1, -0.05) is 19.9 Å². The van der Waals surface area contributed by atoms with Gasteiger partial charge in [0.2, 0.25) is 0 Å². The van der Waals surface area contributed by atoms with Crippen LogP contribution in [0.15, 0.2) is 18.2 Å². The van der Waals surface area contributed by atoms with Crippen LogP contribution in [0.25, 0.3) is 0 Å². The second-order valence-corrected chi connectivity index (χ2v) is 4.68. The van der Waals surface area contributed by atoms with E-state index < -0.39 is 0 Å². The van der Waals surface area contributed by atoms with Gasteiger partial charge in [-0.3, -0.25) is 0 Å². The highest BCUT2D eigenvalue weighted by atomic mass is 16.6. The molecule has 0 bridgehead atoms. The first kappa shape index (κ1) is 14.5. The second kappa shape index (κ2) is 7.01. The number of carbonyl (C=O) groups excluding carboxylic acids is 1. The van der Waals surface area contributed by atoms with Crippen LogP contribution in [0.3, 0.4) is 0 Å². The molecule has 0 saturated carbocycles. The smallest absolute Gasteiger partial charge is 0.338 e. The number of nitrogens with two attached hydrogens (primary N) is 1. The van der Waals surface area contributed by atoms with E-state index in [4.69, 9.17) is 15.2 Å². The first-order valence-corrected chi connectivity index (χ1v) is 6.11. The molecule has 0 aromatic heterocycles. The number of ether oxygens (including phenoxy) is 2. The lowest BCUT2D eigenvalue weighted by Crippen LogP contribution is -2.13. The fraction of sp³-hybridized carbons (Fsp3) is 0.500. The van der Waals surface area contributed by atoms with Crippen molar-refractivity contribution in [3.63, 3.8) is 0 Å². The number of rotatable bonds is 6. The highest BCUT2D eigenvalue weighted by Gasteiger charge is 2.10. The normalized spacial score (nSPS) is 10.7. The van der Waals surface area contributed by atoms with E-state index in [9.17, 15) is 4.79 Å². The van der Waals surface area contributed by atoms with Crippen molar-refractivity contribution >= 4 is 11.7 Å². The van der Waals surface area contributed by atoms with E-state index in [0.29, 0.717) is 30.4 Å². The monoisotopic (exact) mass is 251 g/mol. The van der Waals surface area contributed by atoms with Crippen molar-refractivity contribution in [3.8, 4) is 0 Å². The molecule has 4 heteroatoms. The van der Waals surface area contributed by atoms with E-state index >= 15 is 0 Å². The van der Waals surface area contributed by atoms with Crippen molar-refractivity contribution in [1.29, 1.82) is 0 Å². The predicted octanol–water partition coefficient (Wildman–Crippen LogP) is 2.41. The number of anilines is 1. The maximum atomic E-state index is 11.8. The van der Waals surface area contributed by atoms with E-state index in [0.717, 1.165) is 5.56 Å². The van der Waals surface area contributed by atoms with Crippen LogP contribution >= 0.6 is 0 Å². The highest BCUT2D eigenvalue weighted by Crippen LogP contribution is 2.13. The zero-order valence-corrected chi connectivity index (χ0v) is 11.2. The lowest BCUT2D eigenvalue weighted by Gasteiger charge is -2.09. The maximum Gasteiger partial charge on any atom is 0.338 e. The maximum absolute atomic E-state index is 11.8. The van der Waals surface area contributed by atoms with E-state index in [1.807, 2.05) is 6.92 Å². The molecule has 0 spiro atoms. The quantitative estimate of drug-likeness (QED) is 0.479. The minimum atomic E-state index is -0.354. The Labute approximate surface area is 108 Å². The first-order valence-electron chi connectivity index (χ1n) is 6.11. The summed E-state index contributed by atoms with van der Waals surface area (Å²) in [4.78, 5) is 11.8. The summed E-state index contributed by atoms with van der Waals surface area (Å²) < 4.78 is 10.5. The first-order chi connectivity index (χ1) is 8.50. The topological polar surface area (TPSA) is 61.6 Å². The van der Waals surface area contributed by atoms with Gasteiger partial charge >= 0.3 is 5.97 Å². The summed E-state index contributed by atoms with van der Waals surface area (Å²) in [5.41, 5.74) is 7.57. The average Bonchev–Trinajstić information content (AvgIpc) is 2.31. The van der Waals surface area contributed by atoms with Gasteiger partial charge in [0, 0.05) is 12.3 Å². The molecular formula is C14H21NO3. The molecule has 0 aliphatic rings. The summed E-state index contributed by atoms with van der Waals surface area (Å²) in [7, 11) is 0. The van der Waals surface area contributed by atoms with Crippen LogP contribution in [0.2, 0.25) is 0 Å². The number of hydrogen-bond donors (Lipinski definition) is 1. The Morgan fingerprint density at radius 3 is 2.72 bits per heavy atom. The molecule has 0 aliphatic heterocycles. The molecule has 0 amide bonds. The summed E-state index contributed by atoms with van der Waals surface area (Å²) in [5, 5.41) is 0. The van der Waals surface area contributed by atoms with Crippen LogP contribution in [-0.4, -0.2) is 25.8 Å². The molecule has 0 saturated heterocycles. The summed E-state index contributed by atoms with van der Waals surface area (Å²) in [6.45, 7) is 7.36. The Hall–Kier alpha value is -1.55. The molecule has 2 N–H and O–H groups in total. The molecule has 100 valence electrons. The molecule has 0 aliphatic carbocycles. The number of hydrogen-bond acceptors (Lipinski definition) is 4. The van der Waals surface area contributed by atoms with Crippen LogP contribution in [0.1, 0.15) is 29.8 Å². The summed E-state index contributed by atoms with van der Waals surface area (Å²) >= 11 is 0. The van der Waals surface area contributed by atoms with E-state index in [1.165, 1.54) is 0 Å². The average molecular weight is 251 g/mol. The molecule has 1 aromatic carbocycles. The zero-order chi connectivity index (χ0) is 13.5. The third-order valence-electron chi connectivity index (χ3n) is 2.39. The zero-order valence-electron chi connectivity index (χ0n) is 11.2. The Morgan fingerprint density at radius 1 is 1.33 bits per heavy atom. The van der Waals surface area contributed by atoms with Gasteiger partial charge in [0.05, 0.1) is 12.2 Å². The molecular weight excluding hydrogens is 230 g/mol. The predicted molar refractivity (Wildman–Crippen MR) is 71.5 cm³/mol. The molecule has 4 nitrogen and oxygen atoms in total. The summed E-state index contributed by atoms with van der Waals surface area (Å²) in [5.74, 6) is 0.129. The van der Waals surface area contributed by atoms with Crippen LogP contribution in [0.5, 0.6) is 0 Å². The number of benzene rings is 1. The van der Waals surface area contributed by atoms with Crippen molar-refractivity contribution in [1.82, 2.24) is 0 Å². The molecule has 1 rings (SSSR count). The lowest BCUT2D eigenvalue weighted by molar-refractivity contribution is 0.0277. The Balaban J connectivity index is 2.39. The van der Waals surface area contributed by atoms with Gasteiger partial charge in [0.25, 0.3) is 0 Å². The van der Waals surface area contributed by atoms with Gasteiger partial charge in [-0.05, 0) is 30.5 Å². The second-order valence-electron chi connectivity index (χ2n) is 4.68. The fourth-order valence-electron chi connectivity index (χ4n) is 1.45. The number of aryl methyl sites for hydroxylation is 1. The van der Waals surface area contributed by atoms with E-state index in [2.05, 4.69) is 13.8 Å². The molecule has 0 atom stereocenters. The molecule has 18 heavy (non-hydrogen) atoms. The molecule has 0 heterocycles. The van der Waals surface area contributed by atoms with Crippen molar-refractivity contribution in [3.05, 3.63) is 29.3 Å². The van der Waals surface area contributed by atoms with Gasteiger partial charge in [-0.25, -0.2) is 4.79 Å². The summed E-state index contributed by atoms with van der Waals surface area (Å²) in [6.07, 6.45) is 0. The number of esters is 1. The van der Waals surface area contributed by atoms with Gasteiger partial charge in [0.15, 0.2) is 0 Å². The Morgan fingerprint density at radius 2 is 2.06 bits per heavy atom. The van der Waals surface area contributed by atoms with Crippen molar-refractivity contribution in [2.24, 2.45) is 5.92 Å². The van der Waals surface area contributed by atoms with Gasteiger partial charge in [-0.2, -0.15) is 0 Å². The van der Waals surface area contributed by atoms with Gasteiger partial charge in [0.1, 0.15) is 6.61 Å². The molecule has 0 unspecified atom stereocenters. The van der Waals surface area contributed by atoms with Crippen molar-refractivity contribution < 1.29 is 14.3 Å². The minimum absolute atomic E-state index is 0.264. The van der Waals surface area contributed by atoms with E-state index in [-0.39, 0.29) is 12.6 Å². The van der Waals surface area contributed by atoms with Gasteiger partial charge < -0.3 is 15.2 Å². The summed E-state index contributed by atoms with van der Waals surface area (Å²) in [6, 6.07) is 5.20. The van der Waals surface area contributed by atoms with Gasteiger partial charge in [-0.15, -0.1) is 0 Å². The van der Waals surface area contributed by atoms with E-state index in [1.54, 1.807) is 18.2 Å². The molecule has 1 aromatic rings. The van der Waals surface area contributed by atoms with Crippen LogP contribution in [0.4, 0.5) is 5.69 Å².